The molecule has 0 saturated carbocycles. The molecule has 16 heavy (non-hydrogen) atoms. The first-order valence-corrected chi connectivity index (χ1v) is 5.82. The Morgan fingerprint density at radius 2 is 1.94 bits per heavy atom. The molecule has 2 N–H and O–H groups in total. The molecular formula is C11H28N2O3. The molecule has 0 aliphatic rings. The predicted molar refractivity (Wildman–Crippen MR) is 67.7 cm³/mol. The summed E-state index contributed by atoms with van der Waals surface area (Å²) in [7, 11) is 0. The molecule has 0 saturated heterocycles. The van der Waals surface area contributed by atoms with E-state index in [9.17, 15) is 4.79 Å². The second kappa shape index (κ2) is 10.9. The molecule has 0 atom stereocenters. The first-order chi connectivity index (χ1) is 7.66. The molecule has 0 radical (unpaired) electrons. The Bertz CT molecular complexity index is 184. The summed E-state index contributed by atoms with van der Waals surface area (Å²) in [5.41, 5.74) is 0. The van der Waals surface area contributed by atoms with E-state index >= 15 is 0 Å². The molecule has 5 nitrogen and oxygen atoms in total. The average Bonchev–Trinajstić information content (AvgIpc) is 2.21. The first-order valence-electron chi connectivity index (χ1n) is 5.82. The van der Waals surface area contributed by atoms with Crippen molar-refractivity contribution in [1.82, 2.24) is 10.6 Å². The van der Waals surface area contributed by atoms with Crippen molar-refractivity contribution in [3.63, 3.8) is 0 Å². The van der Waals surface area contributed by atoms with Crippen molar-refractivity contribution in [2.75, 3.05) is 39.5 Å². The van der Waals surface area contributed by atoms with Gasteiger partial charge in [-0.3, -0.25) is 4.79 Å². The quantitative estimate of drug-likeness (QED) is 0.547. The summed E-state index contributed by atoms with van der Waals surface area (Å²) in [6, 6.07) is 0.160. The first kappa shape index (κ1) is 15.3. The molecule has 0 aliphatic carbocycles. The molecule has 0 bridgehead atoms. The van der Waals surface area contributed by atoms with Gasteiger partial charge < -0.3 is 20.1 Å². The minimum Gasteiger partial charge on any atom is -0.378 e. The van der Waals surface area contributed by atoms with Gasteiger partial charge in [0.1, 0.15) is 6.61 Å². The van der Waals surface area contributed by atoms with E-state index in [1.807, 2.05) is 13.8 Å². The molecule has 0 aromatic heterocycles. The van der Waals surface area contributed by atoms with Crippen molar-refractivity contribution in [1.29, 1.82) is 0 Å². The lowest BCUT2D eigenvalue weighted by Crippen LogP contribution is -2.33. The largest absolute Gasteiger partial charge is 0.378 e. The third-order valence-corrected chi connectivity index (χ3v) is 1.73. The fraction of sp³-hybridized carbons (Fsp3) is 0.909. The van der Waals surface area contributed by atoms with Gasteiger partial charge in [-0.1, -0.05) is 6.92 Å². The Labute approximate surface area is 101 Å². The zero-order chi connectivity index (χ0) is 12.2. The van der Waals surface area contributed by atoms with Crippen molar-refractivity contribution in [3.8, 4) is 0 Å². The van der Waals surface area contributed by atoms with Gasteiger partial charge in [-0.2, -0.15) is 0 Å². The third-order valence-electron chi connectivity index (χ3n) is 1.73. The van der Waals surface area contributed by atoms with E-state index in [1.54, 1.807) is 0 Å². The minimum absolute atomic E-state index is 0. The lowest BCUT2D eigenvalue weighted by atomic mass is 10.4. The lowest BCUT2D eigenvalue weighted by Gasteiger charge is -2.09. The van der Waals surface area contributed by atoms with E-state index in [4.69, 9.17) is 9.47 Å². The van der Waals surface area contributed by atoms with Crippen molar-refractivity contribution < 1.29 is 17.1 Å². The molecule has 0 spiro atoms. The van der Waals surface area contributed by atoms with E-state index in [2.05, 4.69) is 17.6 Å². The van der Waals surface area contributed by atoms with E-state index in [1.165, 1.54) is 0 Å². The van der Waals surface area contributed by atoms with E-state index in [-0.39, 0.29) is 21.4 Å². The molecule has 0 aliphatic heterocycles. The second-order valence-electron chi connectivity index (χ2n) is 3.74. The average molecular weight is 236 g/mol. The number of nitrogens with one attached hydrogen (secondary N) is 2. The standard InChI is InChI=1S/C11H24N2O3.2H2/c1-4-12-5-6-15-7-8-16-9-11(14)13-10(2)3;;/h10,12H,4-9H2,1-3H3,(H,13,14);2*1H. The van der Waals surface area contributed by atoms with E-state index in [0.717, 1.165) is 13.1 Å². The Kier molecular flexibility index (Phi) is 10.4. The van der Waals surface area contributed by atoms with Crippen molar-refractivity contribution in [2.45, 2.75) is 26.8 Å². The van der Waals surface area contributed by atoms with Crippen LogP contribution in [0.3, 0.4) is 0 Å². The van der Waals surface area contributed by atoms with Crippen LogP contribution in [0.5, 0.6) is 0 Å². The van der Waals surface area contributed by atoms with Gasteiger partial charge >= 0.3 is 0 Å². The van der Waals surface area contributed by atoms with Crippen molar-refractivity contribution in [3.05, 3.63) is 0 Å². The van der Waals surface area contributed by atoms with Crippen LogP contribution in [0, 0.1) is 0 Å². The van der Waals surface area contributed by atoms with E-state index in [0.29, 0.717) is 19.8 Å². The lowest BCUT2D eigenvalue weighted by molar-refractivity contribution is -0.126. The number of amides is 1. The van der Waals surface area contributed by atoms with Crippen LogP contribution in [0.25, 0.3) is 0 Å². The summed E-state index contributed by atoms with van der Waals surface area (Å²) < 4.78 is 10.4. The summed E-state index contributed by atoms with van der Waals surface area (Å²) in [6.45, 7) is 9.46. The number of carbonyl (C=O) groups excluding carboxylic acids is 1. The summed E-state index contributed by atoms with van der Waals surface area (Å²) in [4.78, 5) is 11.1. The zero-order valence-corrected chi connectivity index (χ0v) is 10.5. The molecule has 0 aromatic carbocycles. The number of rotatable bonds is 10. The predicted octanol–water partition coefficient (Wildman–Crippen LogP) is 0.646. The van der Waals surface area contributed by atoms with Gasteiger partial charge in [0.15, 0.2) is 0 Å². The van der Waals surface area contributed by atoms with Crippen LogP contribution >= 0.6 is 0 Å². The highest BCUT2D eigenvalue weighted by atomic mass is 16.5. The van der Waals surface area contributed by atoms with Gasteiger partial charge in [0, 0.05) is 15.4 Å². The molecular weight excluding hydrogens is 208 g/mol. The molecule has 5 heteroatoms. The number of hydrogen-bond donors (Lipinski definition) is 2. The molecule has 0 fully saturated rings. The normalized spacial score (nSPS) is 10.8. The minimum atomic E-state index is -0.0809. The van der Waals surface area contributed by atoms with Crippen molar-refractivity contribution >= 4 is 5.91 Å². The van der Waals surface area contributed by atoms with Crippen LogP contribution in [0.15, 0.2) is 0 Å². The number of likely N-dealkylation sites (N-methyl/N-ethyl adjacent to an activating group) is 1. The Hall–Kier alpha value is -0.650. The van der Waals surface area contributed by atoms with Gasteiger partial charge in [-0.05, 0) is 20.4 Å². The summed E-state index contributed by atoms with van der Waals surface area (Å²) in [5.74, 6) is -0.0809. The van der Waals surface area contributed by atoms with Crippen LogP contribution in [0.4, 0.5) is 0 Å². The number of hydrogen-bond acceptors (Lipinski definition) is 4. The summed E-state index contributed by atoms with van der Waals surface area (Å²) >= 11 is 0. The Morgan fingerprint density at radius 1 is 1.25 bits per heavy atom. The fourth-order valence-electron chi connectivity index (χ4n) is 1.07. The Balaban J connectivity index is -0.00000112. The molecule has 0 rings (SSSR count). The van der Waals surface area contributed by atoms with Crippen LogP contribution in [-0.4, -0.2) is 51.5 Å². The zero-order valence-electron chi connectivity index (χ0n) is 10.5. The summed E-state index contributed by atoms with van der Waals surface area (Å²) in [5, 5.41) is 5.90. The van der Waals surface area contributed by atoms with Gasteiger partial charge in [-0.15, -0.1) is 0 Å². The highest BCUT2D eigenvalue weighted by Crippen LogP contribution is 1.81. The van der Waals surface area contributed by atoms with Gasteiger partial charge in [0.2, 0.25) is 5.91 Å². The maximum atomic E-state index is 11.1. The second-order valence-corrected chi connectivity index (χ2v) is 3.74. The van der Waals surface area contributed by atoms with E-state index < -0.39 is 0 Å². The SMILES string of the molecule is CCNCCOCCOCC(=O)NC(C)C.[HH].[HH]. The maximum Gasteiger partial charge on any atom is 0.246 e. The van der Waals surface area contributed by atoms with Crippen molar-refractivity contribution in [2.24, 2.45) is 0 Å². The fourth-order valence-corrected chi connectivity index (χ4v) is 1.07. The summed E-state index contributed by atoms with van der Waals surface area (Å²) in [6.07, 6.45) is 0. The smallest absolute Gasteiger partial charge is 0.246 e. The van der Waals surface area contributed by atoms with Crippen LogP contribution in [0.1, 0.15) is 23.6 Å². The van der Waals surface area contributed by atoms with Crippen LogP contribution in [-0.2, 0) is 14.3 Å². The van der Waals surface area contributed by atoms with Gasteiger partial charge in [0.25, 0.3) is 0 Å². The van der Waals surface area contributed by atoms with Gasteiger partial charge in [-0.25, -0.2) is 0 Å². The maximum absolute atomic E-state index is 11.1. The number of carbonyl (C=O) groups is 1. The third kappa shape index (κ3) is 11.4. The van der Waals surface area contributed by atoms with Crippen LogP contribution in [0.2, 0.25) is 0 Å². The molecule has 0 aromatic rings. The topological polar surface area (TPSA) is 59.6 Å². The highest BCUT2D eigenvalue weighted by Gasteiger charge is 2.02. The molecule has 100 valence electrons. The molecule has 0 heterocycles. The number of ether oxygens (including phenoxy) is 2. The van der Waals surface area contributed by atoms with Crippen LogP contribution < -0.4 is 10.6 Å². The monoisotopic (exact) mass is 236 g/mol. The highest BCUT2D eigenvalue weighted by molar-refractivity contribution is 5.77. The molecule has 0 unspecified atom stereocenters. The van der Waals surface area contributed by atoms with Gasteiger partial charge in [0.05, 0.1) is 19.8 Å². The Morgan fingerprint density at radius 3 is 2.56 bits per heavy atom. The molecule has 1 amide bonds.